The van der Waals surface area contributed by atoms with Crippen molar-refractivity contribution >= 4 is 0 Å². The molecule has 0 saturated carbocycles. The molecule has 1 saturated heterocycles. The highest BCUT2D eigenvalue weighted by atomic mass is 16.5. The molecule has 4 nitrogen and oxygen atoms in total. The highest BCUT2D eigenvalue weighted by Gasteiger charge is 2.15. The summed E-state index contributed by atoms with van der Waals surface area (Å²) < 4.78 is 10.9. The minimum absolute atomic E-state index is 0.225. The van der Waals surface area contributed by atoms with E-state index in [1.165, 1.54) is 0 Å². The molecule has 18 heavy (non-hydrogen) atoms. The molecule has 2 N–H and O–H groups in total. The van der Waals surface area contributed by atoms with Gasteiger partial charge in [-0.25, -0.2) is 0 Å². The first-order valence-corrected chi connectivity index (χ1v) is 7.16. The lowest BCUT2D eigenvalue weighted by molar-refractivity contribution is -0.00870. The van der Waals surface area contributed by atoms with Crippen molar-refractivity contribution in [1.29, 1.82) is 0 Å². The minimum Gasteiger partial charge on any atom is -0.389 e. The van der Waals surface area contributed by atoms with Gasteiger partial charge in [0.2, 0.25) is 0 Å². The summed E-state index contributed by atoms with van der Waals surface area (Å²) in [6.07, 6.45) is 1.98. The van der Waals surface area contributed by atoms with E-state index >= 15 is 0 Å². The van der Waals surface area contributed by atoms with Crippen LogP contribution in [0.3, 0.4) is 0 Å². The van der Waals surface area contributed by atoms with Gasteiger partial charge in [-0.1, -0.05) is 13.8 Å². The van der Waals surface area contributed by atoms with Crippen molar-refractivity contribution in [2.24, 2.45) is 11.8 Å². The van der Waals surface area contributed by atoms with Gasteiger partial charge in [0.1, 0.15) is 0 Å². The monoisotopic (exact) mass is 259 g/mol. The van der Waals surface area contributed by atoms with E-state index in [0.29, 0.717) is 25.0 Å². The zero-order valence-electron chi connectivity index (χ0n) is 12.0. The van der Waals surface area contributed by atoms with Crippen LogP contribution in [0.15, 0.2) is 0 Å². The number of aliphatic hydroxyl groups is 1. The molecule has 1 fully saturated rings. The second kappa shape index (κ2) is 8.86. The Kier molecular flexibility index (Phi) is 7.82. The van der Waals surface area contributed by atoms with Gasteiger partial charge < -0.3 is 19.9 Å². The standard InChI is InChI=1S/C14H29NO3/c1-11(2)6-12(3)18-10-14(16)8-15-7-13-4-5-17-9-13/h11-16H,4-10H2,1-3H3. The maximum atomic E-state index is 9.79. The predicted molar refractivity (Wildman–Crippen MR) is 72.7 cm³/mol. The number of aliphatic hydroxyl groups excluding tert-OH is 1. The SMILES string of the molecule is CC(C)CC(C)OCC(O)CNCC1CCOC1. The van der Waals surface area contributed by atoms with Crippen LogP contribution in [-0.2, 0) is 9.47 Å². The Balaban J connectivity index is 1.97. The number of hydrogen-bond acceptors (Lipinski definition) is 4. The Morgan fingerprint density at radius 2 is 2.17 bits per heavy atom. The van der Waals surface area contributed by atoms with Gasteiger partial charge in [-0.2, -0.15) is 0 Å². The minimum atomic E-state index is -0.415. The normalized spacial score (nSPS) is 23.5. The smallest absolute Gasteiger partial charge is 0.0897 e. The third-order valence-corrected chi connectivity index (χ3v) is 3.21. The van der Waals surface area contributed by atoms with Gasteiger partial charge in [0.05, 0.1) is 25.4 Å². The van der Waals surface area contributed by atoms with Crippen molar-refractivity contribution in [1.82, 2.24) is 5.32 Å². The molecule has 0 spiro atoms. The molecule has 1 aliphatic heterocycles. The van der Waals surface area contributed by atoms with Crippen LogP contribution >= 0.6 is 0 Å². The van der Waals surface area contributed by atoms with Crippen molar-refractivity contribution in [2.75, 3.05) is 32.9 Å². The van der Waals surface area contributed by atoms with E-state index in [4.69, 9.17) is 9.47 Å². The molecule has 0 aromatic carbocycles. The molecule has 1 heterocycles. The van der Waals surface area contributed by atoms with Gasteiger partial charge in [-0.15, -0.1) is 0 Å². The molecule has 1 aliphatic rings. The molecule has 0 aliphatic carbocycles. The van der Waals surface area contributed by atoms with Crippen molar-refractivity contribution in [3.8, 4) is 0 Å². The zero-order chi connectivity index (χ0) is 13.4. The van der Waals surface area contributed by atoms with Crippen LogP contribution in [0.1, 0.15) is 33.6 Å². The van der Waals surface area contributed by atoms with Crippen LogP contribution in [0.25, 0.3) is 0 Å². The fourth-order valence-corrected chi connectivity index (χ4v) is 2.26. The molecule has 4 heteroatoms. The van der Waals surface area contributed by atoms with Crippen LogP contribution in [0.5, 0.6) is 0 Å². The van der Waals surface area contributed by atoms with Crippen molar-refractivity contribution in [2.45, 2.75) is 45.8 Å². The molecule has 0 bridgehead atoms. The Hall–Kier alpha value is -0.160. The van der Waals surface area contributed by atoms with E-state index in [2.05, 4.69) is 26.1 Å². The first-order chi connectivity index (χ1) is 8.58. The summed E-state index contributed by atoms with van der Waals surface area (Å²) >= 11 is 0. The quantitative estimate of drug-likeness (QED) is 0.657. The first kappa shape index (κ1) is 15.9. The number of nitrogens with one attached hydrogen (secondary N) is 1. The summed E-state index contributed by atoms with van der Waals surface area (Å²) in [6.45, 7) is 10.1. The summed E-state index contributed by atoms with van der Waals surface area (Å²) in [6, 6.07) is 0. The lowest BCUT2D eigenvalue weighted by Crippen LogP contribution is -2.34. The van der Waals surface area contributed by atoms with Gasteiger partial charge in [0.25, 0.3) is 0 Å². The Bertz CT molecular complexity index is 205. The second-order valence-corrected chi connectivity index (χ2v) is 5.82. The summed E-state index contributed by atoms with van der Waals surface area (Å²) in [7, 11) is 0. The predicted octanol–water partition coefficient (Wildman–Crippen LogP) is 1.42. The topological polar surface area (TPSA) is 50.7 Å². The molecular weight excluding hydrogens is 230 g/mol. The van der Waals surface area contributed by atoms with E-state index in [1.54, 1.807) is 0 Å². The lowest BCUT2D eigenvalue weighted by Gasteiger charge is -2.18. The van der Waals surface area contributed by atoms with Crippen molar-refractivity contribution in [3.63, 3.8) is 0 Å². The van der Waals surface area contributed by atoms with Gasteiger partial charge in [0, 0.05) is 19.7 Å². The van der Waals surface area contributed by atoms with E-state index < -0.39 is 6.10 Å². The van der Waals surface area contributed by atoms with E-state index in [-0.39, 0.29) is 6.10 Å². The highest BCUT2D eigenvalue weighted by molar-refractivity contribution is 4.68. The van der Waals surface area contributed by atoms with Gasteiger partial charge in [0.15, 0.2) is 0 Å². The Morgan fingerprint density at radius 1 is 1.39 bits per heavy atom. The average molecular weight is 259 g/mol. The molecule has 108 valence electrons. The van der Waals surface area contributed by atoms with Gasteiger partial charge in [-0.3, -0.25) is 0 Å². The summed E-state index contributed by atoms with van der Waals surface area (Å²) in [5.41, 5.74) is 0. The van der Waals surface area contributed by atoms with Crippen molar-refractivity contribution < 1.29 is 14.6 Å². The number of hydrogen-bond donors (Lipinski definition) is 2. The number of ether oxygens (including phenoxy) is 2. The molecule has 0 aromatic rings. The first-order valence-electron chi connectivity index (χ1n) is 7.16. The lowest BCUT2D eigenvalue weighted by atomic mass is 10.1. The van der Waals surface area contributed by atoms with E-state index in [0.717, 1.165) is 32.6 Å². The zero-order valence-corrected chi connectivity index (χ0v) is 12.0. The number of rotatable bonds is 9. The molecule has 0 aromatic heterocycles. The Morgan fingerprint density at radius 3 is 2.78 bits per heavy atom. The summed E-state index contributed by atoms with van der Waals surface area (Å²) in [4.78, 5) is 0. The molecule has 1 rings (SSSR count). The molecule has 0 amide bonds. The highest BCUT2D eigenvalue weighted by Crippen LogP contribution is 2.10. The summed E-state index contributed by atoms with van der Waals surface area (Å²) in [5.74, 6) is 1.25. The van der Waals surface area contributed by atoms with E-state index in [1.807, 2.05) is 0 Å². The van der Waals surface area contributed by atoms with Crippen LogP contribution < -0.4 is 5.32 Å². The largest absolute Gasteiger partial charge is 0.389 e. The fraction of sp³-hybridized carbons (Fsp3) is 1.00. The third kappa shape index (κ3) is 7.31. The fourth-order valence-electron chi connectivity index (χ4n) is 2.26. The third-order valence-electron chi connectivity index (χ3n) is 3.21. The van der Waals surface area contributed by atoms with Crippen LogP contribution in [0.4, 0.5) is 0 Å². The molecule has 3 unspecified atom stereocenters. The van der Waals surface area contributed by atoms with E-state index in [9.17, 15) is 5.11 Å². The van der Waals surface area contributed by atoms with Crippen molar-refractivity contribution in [3.05, 3.63) is 0 Å². The van der Waals surface area contributed by atoms with Gasteiger partial charge in [-0.05, 0) is 31.6 Å². The molecule has 3 atom stereocenters. The molecule has 0 radical (unpaired) electrons. The maximum absolute atomic E-state index is 9.79. The van der Waals surface area contributed by atoms with Gasteiger partial charge >= 0.3 is 0 Å². The molecular formula is C14H29NO3. The average Bonchev–Trinajstić information content (AvgIpc) is 2.78. The summed E-state index contributed by atoms with van der Waals surface area (Å²) in [5, 5.41) is 13.1. The second-order valence-electron chi connectivity index (χ2n) is 5.82. The van der Waals surface area contributed by atoms with Crippen LogP contribution in [0, 0.1) is 11.8 Å². The van der Waals surface area contributed by atoms with Crippen LogP contribution in [-0.4, -0.2) is 50.2 Å². The Labute approximate surface area is 111 Å². The van der Waals surface area contributed by atoms with Crippen LogP contribution in [0.2, 0.25) is 0 Å². The maximum Gasteiger partial charge on any atom is 0.0897 e.